The van der Waals surface area contributed by atoms with Crippen molar-refractivity contribution in [3.8, 4) is 5.88 Å². The van der Waals surface area contributed by atoms with Crippen LogP contribution in [-0.2, 0) is 10.0 Å². The Morgan fingerprint density at radius 3 is 2.75 bits per heavy atom. The standard InChI is InChI=1S/C17H19N3O3S/c1-14-2-4-15(5-3-14)7-11-24(21,22)20-10-6-16(13-20)23-17-12-18-8-9-19-17/h2-5,7-9,11-12,16H,6,10,13H2,1H3/b11-7+/t16-/m0/s1. The summed E-state index contributed by atoms with van der Waals surface area (Å²) in [7, 11) is -3.46. The summed E-state index contributed by atoms with van der Waals surface area (Å²) < 4.78 is 32.0. The molecule has 3 rings (SSSR count). The second-order valence-corrected chi connectivity index (χ2v) is 7.51. The number of aromatic nitrogens is 2. The molecule has 0 unspecified atom stereocenters. The quantitative estimate of drug-likeness (QED) is 0.831. The van der Waals surface area contributed by atoms with Gasteiger partial charge in [-0.15, -0.1) is 0 Å². The van der Waals surface area contributed by atoms with E-state index in [1.165, 1.54) is 15.9 Å². The van der Waals surface area contributed by atoms with Crippen molar-refractivity contribution in [1.29, 1.82) is 0 Å². The first kappa shape index (κ1) is 16.6. The summed E-state index contributed by atoms with van der Waals surface area (Å²) in [6.07, 6.45) is 6.68. The smallest absolute Gasteiger partial charge is 0.236 e. The number of nitrogens with zero attached hydrogens (tertiary/aromatic N) is 3. The fourth-order valence-corrected chi connectivity index (χ4v) is 3.71. The molecule has 1 saturated heterocycles. The number of ether oxygens (including phenoxy) is 1. The van der Waals surface area contributed by atoms with E-state index in [1.54, 1.807) is 18.5 Å². The van der Waals surface area contributed by atoms with Crippen LogP contribution in [0.25, 0.3) is 6.08 Å². The van der Waals surface area contributed by atoms with Gasteiger partial charge in [0.2, 0.25) is 15.9 Å². The molecule has 0 saturated carbocycles. The number of aryl methyl sites for hydroxylation is 1. The van der Waals surface area contributed by atoms with Crippen molar-refractivity contribution in [2.24, 2.45) is 0 Å². The number of benzene rings is 1. The molecule has 1 aliphatic heterocycles. The van der Waals surface area contributed by atoms with Crippen LogP contribution in [-0.4, -0.2) is 41.9 Å². The van der Waals surface area contributed by atoms with E-state index < -0.39 is 10.0 Å². The van der Waals surface area contributed by atoms with Crippen LogP contribution in [0.4, 0.5) is 0 Å². The Hall–Kier alpha value is -2.25. The first-order chi connectivity index (χ1) is 11.5. The molecular formula is C17H19N3O3S. The van der Waals surface area contributed by atoms with Crippen LogP contribution in [0.2, 0.25) is 0 Å². The predicted molar refractivity (Wildman–Crippen MR) is 91.8 cm³/mol. The van der Waals surface area contributed by atoms with Crippen molar-refractivity contribution in [3.63, 3.8) is 0 Å². The molecule has 24 heavy (non-hydrogen) atoms. The highest BCUT2D eigenvalue weighted by Gasteiger charge is 2.31. The summed E-state index contributed by atoms with van der Waals surface area (Å²) in [6.45, 7) is 2.74. The summed E-state index contributed by atoms with van der Waals surface area (Å²) in [6, 6.07) is 7.69. The van der Waals surface area contributed by atoms with Gasteiger partial charge in [0.1, 0.15) is 6.10 Å². The maximum Gasteiger partial charge on any atom is 0.236 e. The molecule has 0 amide bonds. The predicted octanol–water partition coefficient (Wildman–Crippen LogP) is 2.24. The minimum absolute atomic E-state index is 0.204. The largest absolute Gasteiger partial charge is 0.472 e. The molecule has 0 bridgehead atoms. The second-order valence-electron chi connectivity index (χ2n) is 5.69. The monoisotopic (exact) mass is 345 g/mol. The highest BCUT2D eigenvalue weighted by molar-refractivity contribution is 7.92. The lowest BCUT2D eigenvalue weighted by Crippen LogP contribution is -2.29. The molecule has 2 heterocycles. The van der Waals surface area contributed by atoms with Crippen LogP contribution >= 0.6 is 0 Å². The van der Waals surface area contributed by atoms with Gasteiger partial charge in [0, 0.05) is 24.3 Å². The van der Waals surface area contributed by atoms with Gasteiger partial charge in [0.25, 0.3) is 0 Å². The molecule has 0 N–H and O–H groups in total. The lowest BCUT2D eigenvalue weighted by atomic mass is 10.2. The molecule has 1 atom stereocenters. The summed E-state index contributed by atoms with van der Waals surface area (Å²) >= 11 is 0. The highest BCUT2D eigenvalue weighted by atomic mass is 32.2. The van der Waals surface area contributed by atoms with E-state index in [0.717, 1.165) is 11.1 Å². The van der Waals surface area contributed by atoms with Gasteiger partial charge in [-0.05, 0) is 25.0 Å². The average Bonchev–Trinajstić information content (AvgIpc) is 3.05. The van der Waals surface area contributed by atoms with Gasteiger partial charge in [0.05, 0.1) is 12.7 Å². The molecule has 1 aliphatic rings. The van der Waals surface area contributed by atoms with Crippen molar-refractivity contribution in [1.82, 2.24) is 14.3 Å². The van der Waals surface area contributed by atoms with Crippen LogP contribution in [0.3, 0.4) is 0 Å². The number of hydrogen-bond acceptors (Lipinski definition) is 5. The van der Waals surface area contributed by atoms with E-state index in [-0.39, 0.29) is 6.10 Å². The third kappa shape index (κ3) is 4.18. The second kappa shape index (κ2) is 7.11. The molecule has 1 aromatic carbocycles. The Morgan fingerprint density at radius 2 is 2.04 bits per heavy atom. The van der Waals surface area contributed by atoms with E-state index in [4.69, 9.17) is 4.74 Å². The van der Waals surface area contributed by atoms with Crippen LogP contribution < -0.4 is 4.74 Å². The maximum atomic E-state index is 12.4. The Bertz CT molecular complexity index is 805. The summed E-state index contributed by atoms with van der Waals surface area (Å²) in [4.78, 5) is 7.98. The summed E-state index contributed by atoms with van der Waals surface area (Å²) in [5.41, 5.74) is 1.99. The lowest BCUT2D eigenvalue weighted by Gasteiger charge is -2.14. The van der Waals surface area contributed by atoms with Crippen molar-refractivity contribution < 1.29 is 13.2 Å². The molecule has 1 fully saturated rings. The normalized spacial score (nSPS) is 19.0. The molecule has 0 aliphatic carbocycles. The van der Waals surface area contributed by atoms with Gasteiger partial charge < -0.3 is 4.74 Å². The molecule has 6 nitrogen and oxygen atoms in total. The Labute approximate surface area is 141 Å². The maximum absolute atomic E-state index is 12.4. The first-order valence-corrected chi connectivity index (χ1v) is 9.21. The fraction of sp³-hybridized carbons (Fsp3) is 0.294. The highest BCUT2D eigenvalue weighted by Crippen LogP contribution is 2.19. The number of rotatable bonds is 5. The van der Waals surface area contributed by atoms with E-state index in [2.05, 4.69) is 9.97 Å². The molecule has 1 aromatic heterocycles. The third-order valence-electron chi connectivity index (χ3n) is 3.80. The molecule has 126 valence electrons. The van der Waals surface area contributed by atoms with E-state index in [1.807, 2.05) is 31.2 Å². The minimum Gasteiger partial charge on any atom is -0.472 e. The third-order valence-corrected chi connectivity index (χ3v) is 5.34. The zero-order valence-electron chi connectivity index (χ0n) is 13.4. The van der Waals surface area contributed by atoms with Crippen molar-refractivity contribution in [2.45, 2.75) is 19.4 Å². The van der Waals surface area contributed by atoms with Gasteiger partial charge in [-0.1, -0.05) is 29.8 Å². The van der Waals surface area contributed by atoms with Gasteiger partial charge >= 0.3 is 0 Å². The van der Waals surface area contributed by atoms with Crippen LogP contribution in [0.5, 0.6) is 5.88 Å². The Balaban J connectivity index is 1.62. The lowest BCUT2D eigenvalue weighted by molar-refractivity contribution is 0.206. The van der Waals surface area contributed by atoms with E-state index in [9.17, 15) is 8.42 Å². The van der Waals surface area contributed by atoms with Crippen molar-refractivity contribution in [2.75, 3.05) is 13.1 Å². The Morgan fingerprint density at radius 1 is 1.25 bits per heavy atom. The van der Waals surface area contributed by atoms with Crippen LogP contribution in [0.15, 0.2) is 48.3 Å². The molecular weight excluding hydrogens is 326 g/mol. The number of hydrogen-bond donors (Lipinski definition) is 0. The zero-order chi connectivity index (χ0) is 17.0. The average molecular weight is 345 g/mol. The van der Waals surface area contributed by atoms with Gasteiger partial charge in [0.15, 0.2) is 0 Å². The minimum atomic E-state index is -3.46. The zero-order valence-corrected chi connectivity index (χ0v) is 14.2. The first-order valence-electron chi connectivity index (χ1n) is 7.70. The van der Waals surface area contributed by atoms with Gasteiger partial charge in [-0.3, -0.25) is 4.98 Å². The summed E-state index contributed by atoms with van der Waals surface area (Å²) in [5, 5.41) is 1.25. The van der Waals surface area contributed by atoms with Crippen LogP contribution in [0.1, 0.15) is 17.5 Å². The molecule has 0 spiro atoms. The number of sulfonamides is 1. The van der Waals surface area contributed by atoms with Gasteiger partial charge in [-0.2, -0.15) is 4.31 Å². The van der Waals surface area contributed by atoms with Crippen molar-refractivity contribution >= 4 is 16.1 Å². The van der Waals surface area contributed by atoms with Gasteiger partial charge in [-0.25, -0.2) is 13.4 Å². The van der Waals surface area contributed by atoms with Crippen molar-refractivity contribution in [3.05, 3.63) is 59.4 Å². The Kier molecular flexibility index (Phi) is 4.92. The molecule has 7 heteroatoms. The summed E-state index contributed by atoms with van der Waals surface area (Å²) in [5.74, 6) is 0.414. The van der Waals surface area contributed by atoms with Crippen LogP contribution in [0, 0.1) is 6.92 Å². The topological polar surface area (TPSA) is 72.4 Å². The molecule has 2 aromatic rings. The molecule has 0 radical (unpaired) electrons. The fourth-order valence-electron chi connectivity index (χ4n) is 2.47. The van der Waals surface area contributed by atoms with E-state index >= 15 is 0 Å². The SMILES string of the molecule is Cc1ccc(/C=C/S(=O)(=O)N2CC[C@H](Oc3cnccn3)C2)cc1. The van der Waals surface area contributed by atoms with E-state index in [0.29, 0.717) is 25.4 Å².